The van der Waals surface area contributed by atoms with E-state index in [-0.39, 0.29) is 0 Å². The SMILES string of the molecule is CCC1CCCC(NC2CC3CCC2O3)CC1. The van der Waals surface area contributed by atoms with Crippen molar-refractivity contribution >= 4 is 0 Å². The molecule has 5 unspecified atom stereocenters. The molecular weight excluding hydrogens is 210 g/mol. The van der Waals surface area contributed by atoms with Crippen LogP contribution >= 0.6 is 0 Å². The zero-order valence-corrected chi connectivity index (χ0v) is 11.2. The Labute approximate surface area is 105 Å². The maximum Gasteiger partial charge on any atom is 0.0733 e. The van der Waals surface area contributed by atoms with Crippen LogP contribution in [-0.4, -0.2) is 24.3 Å². The zero-order chi connectivity index (χ0) is 11.7. The molecule has 2 aliphatic heterocycles. The molecule has 2 saturated heterocycles. The van der Waals surface area contributed by atoms with Crippen molar-refractivity contribution in [3.05, 3.63) is 0 Å². The molecule has 3 fully saturated rings. The molecule has 17 heavy (non-hydrogen) atoms. The predicted octanol–water partition coefficient (Wildman–Crippen LogP) is 3.25. The van der Waals surface area contributed by atoms with E-state index in [9.17, 15) is 0 Å². The summed E-state index contributed by atoms with van der Waals surface area (Å²) in [6, 6.07) is 1.46. The molecule has 3 rings (SSSR count). The van der Waals surface area contributed by atoms with Gasteiger partial charge in [-0.3, -0.25) is 0 Å². The number of ether oxygens (including phenoxy) is 1. The summed E-state index contributed by atoms with van der Waals surface area (Å²) in [7, 11) is 0. The highest BCUT2D eigenvalue weighted by molar-refractivity contribution is 4.95. The van der Waals surface area contributed by atoms with Crippen LogP contribution in [0, 0.1) is 5.92 Å². The molecule has 2 heterocycles. The van der Waals surface area contributed by atoms with Crippen LogP contribution in [0.2, 0.25) is 0 Å². The predicted molar refractivity (Wildman–Crippen MR) is 70.1 cm³/mol. The molecule has 0 aromatic rings. The molecule has 98 valence electrons. The summed E-state index contributed by atoms with van der Waals surface area (Å²) in [4.78, 5) is 0. The van der Waals surface area contributed by atoms with Gasteiger partial charge in [-0.2, -0.15) is 0 Å². The lowest BCUT2D eigenvalue weighted by Gasteiger charge is -2.26. The molecule has 0 aromatic heterocycles. The third kappa shape index (κ3) is 2.68. The fourth-order valence-corrected chi connectivity index (χ4v) is 4.07. The fourth-order valence-electron chi connectivity index (χ4n) is 4.07. The molecule has 2 heteroatoms. The Morgan fingerprint density at radius 1 is 1.06 bits per heavy atom. The summed E-state index contributed by atoms with van der Waals surface area (Å²) < 4.78 is 5.94. The second-order valence-electron chi connectivity index (χ2n) is 6.36. The largest absolute Gasteiger partial charge is 0.373 e. The summed E-state index contributed by atoms with van der Waals surface area (Å²) in [5, 5.41) is 3.91. The van der Waals surface area contributed by atoms with Crippen LogP contribution in [0.25, 0.3) is 0 Å². The number of nitrogens with one attached hydrogen (secondary N) is 1. The first-order chi connectivity index (χ1) is 8.35. The van der Waals surface area contributed by atoms with Gasteiger partial charge in [0.15, 0.2) is 0 Å². The van der Waals surface area contributed by atoms with Crippen molar-refractivity contribution in [2.75, 3.05) is 0 Å². The first-order valence-electron chi connectivity index (χ1n) is 7.76. The summed E-state index contributed by atoms with van der Waals surface area (Å²) in [5.41, 5.74) is 0. The Morgan fingerprint density at radius 3 is 2.71 bits per heavy atom. The van der Waals surface area contributed by atoms with Crippen molar-refractivity contribution < 1.29 is 4.74 Å². The molecule has 0 amide bonds. The van der Waals surface area contributed by atoms with Crippen LogP contribution in [-0.2, 0) is 4.74 Å². The van der Waals surface area contributed by atoms with Gasteiger partial charge in [0, 0.05) is 12.1 Å². The van der Waals surface area contributed by atoms with Gasteiger partial charge in [-0.1, -0.05) is 26.2 Å². The second-order valence-corrected chi connectivity index (χ2v) is 6.36. The molecule has 1 N–H and O–H groups in total. The first kappa shape index (κ1) is 12.0. The van der Waals surface area contributed by atoms with Gasteiger partial charge >= 0.3 is 0 Å². The topological polar surface area (TPSA) is 21.3 Å². The van der Waals surface area contributed by atoms with Crippen molar-refractivity contribution in [3.63, 3.8) is 0 Å². The Hall–Kier alpha value is -0.0800. The van der Waals surface area contributed by atoms with E-state index in [1.54, 1.807) is 0 Å². The third-order valence-corrected chi connectivity index (χ3v) is 5.22. The highest BCUT2D eigenvalue weighted by atomic mass is 16.5. The molecular formula is C15H27NO. The van der Waals surface area contributed by atoms with Crippen molar-refractivity contribution in [1.29, 1.82) is 0 Å². The second kappa shape index (κ2) is 5.27. The Kier molecular flexibility index (Phi) is 3.72. The average molecular weight is 237 g/mol. The lowest BCUT2D eigenvalue weighted by Crippen LogP contribution is -2.43. The maximum atomic E-state index is 5.94. The number of rotatable bonds is 3. The standard InChI is InChI=1S/C15H27NO/c1-2-11-4-3-5-12(7-6-11)16-14-10-13-8-9-15(14)17-13/h11-16H,2-10H2,1H3. The van der Waals surface area contributed by atoms with E-state index >= 15 is 0 Å². The van der Waals surface area contributed by atoms with Crippen molar-refractivity contribution in [1.82, 2.24) is 5.32 Å². The molecule has 5 atom stereocenters. The van der Waals surface area contributed by atoms with E-state index in [0.717, 1.165) is 12.0 Å². The van der Waals surface area contributed by atoms with Gasteiger partial charge in [0.05, 0.1) is 12.2 Å². The quantitative estimate of drug-likeness (QED) is 0.761. The van der Waals surface area contributed by atoms with Gasteiger partial charge in [0.2, 0.25) is 0 Å². The molecule has 1 aliphatic carbocycles. The minimum Gasteiger partial charge on any atom is -0.373 e. The normalized spacial score (nSPS) is 46.1. The Balaban J connectivity index is 1.48. The highest BCUT2D eigenvalue weighted by Gasteiger charge is 2.41. The fraction of sp³-hybridized carbons (Fsp3) is 1.00. The zero-order valence-electron chi connectivity index (χ0n) is 11.2. The minimum absolute atomic E-state index is 0.547. The maximum absolute atomic E-state index is 5.94. The van der Waals surface area contributed by atoms with E-state index in [1.807, 2.05) is 0 Å². The molecule has 0 radical (unpaired) electrons. The number of hydrogen-bond donors (Lipinski definition) is 1. The smallest absolute Gasteiger partial charge is 0.0733 e. The summed E-state index contributed by atoms with van der Waals surface area (Å²) in [6.07, 6.45) is 13.5. The van der Waals surface area contributed by atoms with Crippen LogP contribution in [0.3, 0.4) is 0 Å². The Bertz CT molecular complexity index is 255. The lowest BCUT2D eigenvalue weighted by atomic mass is 9.94. The highest BCUT2D eigenvalue weighted by Crippen LogP contribution is 2.35. The summed E-state index contributed by atoms with van der Waals surface area (Å²) >= 11 is 0. The van der Waals surface area contributed by atoms with Crippen LogP contribution in [0.4, 0.5) is 0 Å². The number of hydrogen-bond acceptors (Lipinski definition) is 2. The van der Waals surface area contributed by atoms with E-state index in [1.165, 1.54) is 57.8 Å². The van der Waals surface area contributed by atoms with Crippen LogP contribution < -0.4 is 5.32 Å². The van der Waals surface area contributed by atoms with E-state index in [0.29, 0.717) is 18.2 Å². The Morgan fingerprint density at radius 2 is 2.00 bits per heavy atom. The van der Waals surface area contributed by atoms with E-state index in [2.05, 4.69) is 12.2 Å². The van der Waals surface area contributed by atoms with Crippen molar-refractivity contribution in [2.45, 2.75) is 89.0 Å². The lowest BCUT2D eigenvalue weighted by molar-refractivity contribution is 0.0956. The molecule has 0 aromatic carbocycles. The van der Waals surface area contributed by atoms with Gasteiger partial charge in [-0.15, -0.1) is 0 Å². The van der Waals surface area contributed by atoms with Crippen molar-refractivity contribution in [3.8, 4) is 0 Å². The summed E-state index contributed by atoms with van der Waals surface area (Å²) in [5.74, 6) is 0.998. The average Bonchev–Trinajstić information content (AvgIpc) is 2.87. The molecule has 1 saturated carbocycles. The summed E-state index contributed by atoms with van der Waals surface area (Å²) in [6.45, 7) is 2.35. The number of fused-ring (bicyclic) bond motifs is 2. The van der Waals surface area contributed by atoms with Crippen molar-refractivity contribution in [2.24, 2.45) is 5.92 Å². The first-order valence-corrected chi connectivity index (χ1v) is 7.76. The molecule has 2 nitrogen and oxygen atoms in total. The van der Waals surface area contributed by atoms with Gasteiger partial charge in [-0.25, -0.2) is 0 Å². The van der Waals surface area contributed by atoms with Gasteiger partial charge < -0.3 is 10.1 Å². The molecule has 3 aliphatic rings. The monoisotopic (exact) mass is 237 g/mol. The molecule has 2 bridgehead atoms. The van der Waals surface area contributed by atoms with E-state index in [4.69, 9.17) is 4.74 Å². The minimum atomic E-state index is 0.547. The van der Waals surface area contributed by atoms with Gasteiger partial charge in [0.25, 0.3) is 0 Å². The molecule has 0 spiro atoms. The van der Waals surface area contributed by atoms with Gasteiger partial charge in [-0.05, 0) is 44.4 Å². The van der Waals surface area contributed by atoms with Gasteiger partial charge in [0.1, 0.15) is 0 Å². The van der Waals surface area contributed by atoms with E-state index < -0.39 is 0 Å². The third-order valence-electron chi connectivity index (χ3n) is 5.22. The van der Waals surface area contributed by atoms with Crippen LogP contribution in [0.1, 0.15) is 64.7 Å². The van der Waals surface area contributed by atoms with Crippen LogP contribution in [0.15, 0.2) is 0 Å². The van der Waals surface area contributed by atoms with Crippen LogP contribution in [0.5, 0.6) is 0 Å².